The van der Waals surface area contributed by atoms with E-state index in [0.29, 0.717) is 0 Å². The average Bonchev–Trinajstić information content (AvgIpc) is 2.33. The molecule has 0 aliphatic heterocycles. The zero-order valence-corrected chi connectivity index (χ0v) is 10.9. The number of rotatable bonds is 4. The van der Waals surface area contributed by atoms with Crippen molar-refractivity contribution in [2.24, 2.45) is 0 Å². The van der Waals surface area contributed by atoms with Crippen molar-refractivity contribution < 1.29 is 0 Å². The summed E-state index contributed by atoms with van der Waals surface area (Å²) in [6.45, 7) is 1.63. The van der Waals surface area contributed by atoms with E-state index in [1.165, 1.54) is 9.13 Å². The summed E-state index contributed by atoms with van der Waals surface area (Å²) in [5.41, 5.74) is 2.30. The molecule has 3 nitrogen and oxygen atoms in total. The molecule has 1 N–H and O–H groups in total. The average molecular weight is 325 g/mol. The van der Waals surface area contributed by atoms with Crippen molar-refractivity contribution in [2.75, 3.05) is 0 Å². The van der Waals surface area contributed by atoms with E-state index in [1.54, 1.807) is 12.5 Å². The maximum absolute atomic E-state index is 4.15. The Hall–Kier alpha value is -1.01. The molecule has 1 aromatic carbocycles. The number of aromatic nitrogens is 2. The van der Waals surface area contributed by atoms with Gasteiger partial charge in [-0.05, 0) is 46.4 Å². The highest BCUT2D eigenvalue weighted by Crippen LogP contribution is 2.06. The Morgan fingerprint density at radius 3 is 2.56 bits per heavy atom. The van der Waals surface area contributed by atoms with Gasteiger partial charge in [0.15, 0.2) is 0 Å². The normalized spacial score (nSPS) is 10.3. The molecule has 0 aliphatic rings. The van der Waals surface area contributed by atoms with E-state index in [4.69, 9.17) is 0 Å². The first-order chi connectivity index (χ1) is 7.84. The highest BCUT2D eigenvalue weighted by Gasteiger charge is 1.94. The molecule has 0 unspecified atom stereocenters. The summed E-state index contributed by atoms with van der Waals surface area (Å²) < 4.78 is 1.26. The van der Waals surface area contributed by atoms with Gasteiger partial charge < -0.3 is 5.32 Å². The first-order valence-corrected chi connectivity index (χ1v) is 6.12. The van der Waals surface area contributed by atoms with E-state index in [1.807, 2.05) is 6.07 Å². The third-order valence-corrected chi connectivity index (χ3v) is 2.91. The molecule has 0 radical (unpaired) electrons. The summed E-state index contributed by atoms with van der Waals surface area (Å²) in [4.78, 5) is 8.03. The van der Waals surface area contributed by atoms with Gasteiger partial charge in [0, 0.05) is 22.9 Å². The summed E-state index contributed by atoms with van der Waals surface area (Å²) >= 11 is 2.31. The zero-order valence-electron chi connectivity index (χ0n) is 8.73. The van der Waals surface area contributed by atoms with Gasteiger partial charge in [0.1, 0.15) is 6.33 Å². The monoisotopic (exact) mass is 325 g/mol. The van der Waals surface area contributed by atoms with Crippen LogP contribution < -0.4 is 5.32 Å². The molecule has 1 heterocycles. The Morgan fingerprint density at radius 1 is 1.06 bits per heavy atom. The molecule has 2 rings (SSSR count). The van der Waals surface area contributed by atoms with E-state index >= 15 is 0 Å². The van der Waals surface area contributed by atoms with Crippen LogP contribution in [0.15, 0.2) is 42.9 Å². The van der Waals surface area contributed by atoms with Gasteiger partial charge in [0.05, 0.1) is 5.69 Å². The Kier molecular flexibility index (Phi) is 4.24. The predicted molar refractivity (Wildman–Crippen MR) is 71.7 cm³/mol. The molecular weight excluding hydrogens is 313 g/mol. The van der Waals surface area contributed by atoms with E-state index in [9.17, 15) is 0 Å². The van der Waals surface area contributed by atoms with E-state index in [0.717, 1.165) is 18.8 Å². The molecule has 0 spiro atoms. The fraction of sp³-hybridized carbons (Fsp3) is 0.167. The summed E-state index contributed by atoms with van der Waals surface area (Å²) in [6, 6.07) is 10.4. The smallest absolute Gasteiger partial charge is 0.115 e. The molecule has 1 aromatic heterocycles. The fourth-order valence-electron chi connectivity index (χ4n) is 1.36. The van der Waals surface area contributed by atoms with Gasteiger partial charge in [-0.15, -0.1) is 0 Å². The van der Waals surface area contributed by atoms with Crippen LogP contribution in [0.2, 0.25) is 0 Å². The highest BCUT2D eigenvalue weighted by atomic mass is 127. The zero-order chi connectivity index (χ0) is 11.2. The van der Waals surface area contributed by atoms with E-state index in [2.05, 4.69) is 62.1 Å². The minimum atomic E-state index is 0.772. The number of benzene rings is 1. The van der Waals surface area contributed by atoms with Crippen LogP contribution in [0.4, 0.5) is 0 Å². The van der Waals surface area contributed by atoms with Crippen LogP contribution in [0.1, 0.15) is 11.3 Å². The Labute approximate surface area is 108 Å². The first kappa shape index (κ1) is 11.5. The minimum absolute atomic E-state index is 0.772. The van der Waals surface area contributed by atoms with Crippen molar-refractivity contribution in [3.8, 4) is 0 Å². The maximum Gasteiger partial charge on any atom is 0.115 e. The molecule has 16 heavy (non-hydrogen) atoms. The van der Waals surface area contributed by atoms with Gasteiger partial charge >= 0.3 is 0 Å². The molecular formula is C12H12IN3. The minimum Gasteiger partial charge on any atom is -0.307 e. The van der Waals surface area contributed by atoms with Crippen molar-refractivity contribution >= 4 is 22.6 Å². The Bertz CT molecular complexity index is 428. The quantitative estimate of drug-likeness (QED) is 0.877. The topological polar surface area (TPSA) is 37.8 Å². The number of hydrogen-bond donors (Lipinski definition) is 1. The molecule has 0 atom stereocenters. The van der Waals surface area contributed by atoms with Gasteiger partial charge in [0.2, 0.25) is 0 Å². The number of nitrogens with zero attached hydrogens (tertiary/aromatic N) is 2. The van der Waals surface area contributed by atoms with Crippen molar-refractivity contribution in [3.05, 3.63) is 57.7 Å². The van der Waals surface area contributed by atoms with Crippen LogP contribution >= 0.6 is 22.6 Å². The summed E-state index contributed by atoms with van der Waals surface area (Å²) in [6.07, 6.45) is 3.33. The Morgan fingerprint density at radius 2 is 1.88 bits per heavy atom. The van der Waals surface area contributed by atoms with Gasteiger partial charge in [0.25, 0.3) is 0 Å². The lowest BCUT2D eigenvalue weighted by Crippen LogP contribution is -2.13. The van der Waals surface area contributed by atoms with E-state index < -0.39 is 0 Å². The summed E-state index contributed by atoms with van der Waals surface area (Å²) in [5, 5.41) is 3.34. The van der Waals surface area contributed by atoms with Crippen molar-refractivity contribution in [2.45, 2.75) is 13.1 Å². The van der Waals surface area contributed by atoms with Crippen LogP contribution in [-0.4, -0.2) is 9.97 Å². The standard InChI is InChI=1S/C12H12IN3/c13-11-3-1-10(2-4-11)7-15-8-12-5-6-14-9-16-12/h1-6,9,15H,7-8H2. The third kappa shape index (κ3) is 3.53. The lowest BCUT2D eigenvalue weighted by molar-refractivity contribution is 0.677. The summed E-state index contributed by atoms with van der Waals surface area (Å²) in [7, 11) is 0. The van der Waals surface area contributed by atoms with Gasteiger partial charge in [-0.1, -0.05) is 12.1 Å². The van der Waals surface area contributed by atoms with Gasteiger partial charge in [-0.3, -0.25) is 0 Å². The van der Waals surface area contributed by atoms with Crippen LogP contribution in [0.25, 0.3) is 0 Å². The van der Waals surface area contributed by atoms with Gasteiger partial charge in [-0.2, -0.15) is 0 Å². The second kappa shape index (κ2) is 5.91. The molecule has 0 amide bonds. The number of hydrogen-bond acceptors (Lipinski definition) is 3. The molecule has 4 heteroatoms. The van der Waals surface area contributed by atoms with Crippen molar-refractivity contribution in [1.82, 2.24) is 15.3 Å². The fourth-order valence-corrected chi connectivity index (χ4v) is 1.72. The van der Waals surface area contributed by atoms with Gasteiger partial charge in [-0.25, -0.2) is 9.97 Å². The Balaban J connectivity index is 1.82. The second-order valence-electron chi connectivity index (χ2n) is 3.43. The highest BCUT2D eigenvalue weighted by molar-refractivity contribution is 14.1. The van der Waals surface area contributed by atoms with Crippen molar-refractivity contribution in [3.63, 3.8) is 0 Å². The van der Waals surface area contributed by atoms with E-state index in [-0.39, 0.29) is 0 Å². The molecule has 0 aliphatic carbocycles. The van der Waals surface area contributed by atoms with Crippen LogP contribution in [-0.2, 0) is 13.1 Å². The number of nitrogens with one attached hydrogen (secondary N) is 1. The molecule has 82 valence electrons. The molecule has 2 aromatic rings. The first-order valence-electron chi connectivity index (χ1n) is 5.04. The molecule has 0 saturated heterocycles. The predicted octanol–water partition coefficient (Wildman–Crippen LogP) is 2.37. The van der Waals surface area contributed by atoms with Crippen molar-refractivity contribution in [1.29, 1.82) is 0 Å². The lowest BCUT2D eigenvalue weighted by atomic mass is 10.2. The summed E-state index contributed by atoms with van der Waals surface area (Å²) in [5.74, 6) is 0. The molecule has 0 saturated carbocycles. The van der Waals surface area contributed by atoms with Crippen LogP contribution in [0.5, 0.6) is 0 Å². The largest absolute Gasteiger partial charge is 0.307 e. The van der Waals surface area contributed by atoms with Crippen LogP contribution in [0, 0.1) is 3.57 Å². The molecule has 0 bridgehead atoms. The SMILES string of the molecule is Ic1ccc(CNCc2ccncn2)cc1. The molecule has 0 fully saturated rings. The van der Waals surface area contributed by atoms with Crippen LogP contribution in [0.3, 0.4) is 0 Å². The maximum atomic E-state index is 4.15. The lowest BCUT2D eigenvalue weighted by Gasteiger charge is -2.04. The second-order valence-corrected chi connectivity index (χ2v) is 4.68. The number of halogens is 1. The third-order valence-electron chi connectivity index (χ3n) is 2.19.